The van der Waals surface area contributed by atoms with Gasteiger partial charge in [-0.05, 0) is 34.4 Å². The van der Waals surface area contributed by atoms with Crippen molar-refractivity contribution in [2.24, 2.45) is 0 Å². The van der Waals surface area contributed by atoms with E-state index < -0.39 is 8.65 Å². The van der Waals surface area contributed by atoms with Crippen LogP contribution >= 0.6 is 10.8 Å². The minimum atomic E-state index is -2.25. The second kappa shape index (κ2) is 5.24. The molecule has 1 aliphatic heterocycles. The topological polar surface area (TPSA) is 59.7 Å². The van der Waals surface area contributed by atoms with Crippen LogP contribution in [0.4, 0.5) is 0 Å². The largest absolute Gasteiger partial charge is 0.283 e. The van der Waals surface area contributed by atoms with Gasteiger partial charge in [0.25, 0.3) is 0 Å². The first-order valence-electron chi connectivity index (χ1n) is 6.44. The summed E-state index contributed by atoms with van der Waals surface area (Å²) in [4.78, 5) is 0. The molecule has 3 rings (SSSR count). The fourth-order valence-electron chi connectivity index (χ4n) is 2.40. The third-order valence-electron chi connectivity index (χ3n) is 3.46. The van der Waals surface area contributed by atoms with Gasteiger partial charge in [0.2, 0.25) is 0 Å². The first-order valence-corrected chi connectivity index (χ1v) is 9.53. The van der Waals surface area contributed by atoms with E-state index in [2.05, 4.69) is 17.4 Å². The van der Waals surface area contributed by atoms with E-state index in [9.17, 15) is 0 Å². The SMILES string of the molecule is Cc1ccccc1C1NC(c2ccccc2)SS1(=N)=N. The minimum absolute atomic E-state index is 0.0332. The van der Waals surface area contributed by atoms with E-state index in [1.54, 1.807) is 0 Å². The first-order chi connectivity index (χ1) is 9.58. The van der Waals surface area contributed by atoms with Crippen molar-refractivity contribution in [2.75, 3.05) is 0 Å². The number of hydrogen-bond donors (Lipinski definition) is 3. The van der Waals surface area contributed by atoms with Crippen molar-refractivity contribution in [3.05, 3.63) is 71.3 Å². The molecule has 0 radical (unpaired) electrons. The van der Waals surface area contributed by atoms with Crippen molar-refractivity contribution < 1.29 is 0 Å². The van der Waals surface area contributed by atoms with Crippen molar-refractivity contribution in [1.29, 1.82) is 9.56 Å². The lowest BCUT2D eigenvalue weighted by molar-refractivity contribution is 0.671. The Morgan fingerprint density at radius 2 is 1.65 bits per heavy atom. The van der Waals surface area contributed by atoms with Crippen LogP contribution in [0.25, 0.3) is 0 Å². The van der Waals surface area contributed by atoms with Crippen LogP contribution in [0, 0.1) is 16.5 Å². The molecule has 0 amide bonds. The summed E-state index contributed by atoms with van der Waals surface area (Å²) in [6.07, 6.45) is 0. The maximum atomic E-state index is 8.41. The summed E-state index contributed by atoms with van der Waals surface area (Å²) in [5.41, 5.74) is 3.37. The van der Waals surface area contributed by atoms with Gasteiger partial charge >= 0.3 is 0 Å². The van der Waals surface area contributed by atoms with Crippen LogP contribution in [0.2, 0.25) is 0 Å². The van der Waals surface area contributed by atoms with E-state index in [0.29, 0.717) is 0 Å². The Labute approximate surface area is 123 Å². The van der Waals surface area contributed by atoms with Crippen LogP contribution in [0.1, 0.15) is 27.4 Å². The van der Waals surface area contributed by atoms with Gasteiger partial charge in [-0.25, -0.2) is 0 Å². The zero-order valence-corrected chi connectivity index (χ0v) is 12.8. The summed E-state index contributed by atoms with van der Waals surface area (Å²) < 4.78 is 16.8. The van der Waals surface area contributed by atoms with Gasteiger partial charge in [-0.2, -0.15) is 0 Å². The standard InChI is InChI=1S/C15H17N3S2/c1-11-7-5-6-10-13(11)15-18-14(19-20(15,16)17)12-8-3-2-4-9-12/h2-10,14-18H,1H3. The second-order valence-electron chi connectivity index (χ2n) is 4.89. The van der Waals surface area contributed by atoms with E-state index in [-0.39, 0.29) is 10.7 Å². The zero-order valence-electron chi connectivity index (χ0n) is 11.2. The molecule has 2 aromatic carbocycles. The highest BCUT2D eigenvalue weighted by Gasteiger charge is 2.35. The molecule has 5 heteroatoms. The van der Waals surface area contributed by atoms with Crippen LogP contribution in [0.5, 0.6) is 0 Å². The quantitative estimate of drug-likeness (QED) is 0.709. The lowest BCUT2D eigenvalue weighted by Gasteiger charge is -2.16. The fraction of sp³-hybridized carbons (Fsp3) is 0.200. The van der Waals surface area contributed by atoms with Crippen molar-refractivity contribution in [2.45, 2.75) is 17.7 Å². The molecule has 0 aromatic heterocycles. The highest BCUT2D eigenvalue weighted by molar-refractivity contribution is 8.73. The molecule has 1 fully saturated rings. The average molecular weight is 303 g/mol. The van der Waals surface area contributed by atoms with Crippen LogP contribution < -0.4 is 5.32 Å². The van der Waals surface area contributed by atoms with Gasteiger partial charge in [0.1, 0.15) is 5.37 Å². The second-order valence-corrected chi connectivity index (χ2v) is 9.38. The van der Waals surface area contributed by atoms with Crippen LogP contribution in [-0.2, 0) is 8.65 Å². The third kappa shape index (κ3) is 2.49. The predicted octanol–water partition coefficient (Wildman–Crippen LogP) is 4.62. The summed E-state index contributed by atoms with van der Waals surface area (Å²) >= 11 is 0. The fourth-order valence-corrected chi connectivity index (χ4v) is 6.53. The molecule has 0 bridgehead atoms. The van der Waals surface area contributed by atoms with Gasteiger partial charge in [-0.15, -0.1) is 0 Å². The van der Waals surface area contributed by atoms with Crippen molar-refractivity contribution in [3.8, 4) is 0 Å². The van der Waals surface area contributed by atoms with Crippen LogP contribution in [0.15, 0.2) is 54.6 Å². The van der Waals surface area contributed by atoms with Crippen molar-refractivity contribution >= 4 is 19.4 Å². The number of nitrogens with one attached hydrogen (secondary N) is 3. The van der Waals surface area contributed by atoms with Gasteiger partial charge in [0.15, 0.2) is 0 Å². The summed E-state index contributed by atoms with van der Waals surface area (Å²) in [5, 5.41) is 3.32. The minimum Gasteiger partial charge on any atom is -0.283 e. The zero-order chi connectivity index (χ0) is 14.2. The normalized spacial score (nSPS) is 24.6. The lowest BCUT2D eigenvalue weighted by atomic mass is 10.1. The van der Waals surface area contributed by atoms with Gasteiger partial charge in [-0.1, -0.05) is 54.6 Å². The number of rotatable bonds is 2. The van der Waals surface area contributed by atoms with Crippen LogP contribution in [-0.4, -0.2) is 0 Å². The summed E-state index contributed by atoms with van der Waals surface area (Å²) in [7, 11) is -0.816. The molecule has 2 aromatic rings. The van der Waals surface area contributed by atoms with E-state index in [4.69, 9.17) is 9.56 Å². The molecule has 0 spiro atoms. The van der Waals surface area contributed by atoms with Gasteiger partial charge in [0, 0.05) is 8.65 Å². The van der Waals surface area contributed by atoms with E-state index in [0.717, 1.165) is 16.7 Å². The molecule has 2 unspecified atom stereocenters. The number of benzene rings is 2. The molecular formula is C15H17N3S2. The molecule has 3 N–H and O–H groups in total. The Balaban J connectivity index is 1.97. The Hall–Kier alpha value is -1.30. The van der Waals surface area contributed by atoms with Crippen molar-refractivity contribution in [3.63, 3.8) is 0 Å². The van der Waals surface area contributed by atoms with E-state index in [1.165, 1.54) is 10.8 Å². The summed E-state index contributed by atoms with van der Waals surface area (Å²) in [5.74, 6) is 0. The Kier molecular flexibility index (Phi) is 3.58. The maximum Gasteiger partial charge on any atom is 0.109 e. The lowest BCUT2D eigenvalue weighted by Crippen LogP contribution is -2.20. The average Bonchev–Trinajstić information content (AvgIpc) is 2.76. The Morgan fingerprint density at radius 3 is 2.35 bits per heavy atom. The molecule has 2 atom stereocenters. The highest BCUT2D eigenvalue weighted by Crippen LogP contribution is 2.47. The van der Waals surface area contributed by atoms with E-state index >= 15 is 0 Å². The summed E-state index contributed by atoms with van der Waals surface area (Å²) in [6, 6.07) is 18.2. The van der Waals surface area contributed by atoms with E-state index in [1.807, 2.05) is 49.4 Å². The molecule has 3 nitrogen and oxygen atoms in total. The predicted molar refractivity (Wildman–Crippen MR) is 86.6 cm³/mol. The molecular weight excluding hydrogens is 286 g/mol. The third-order valence-corrected chi connectivity index (χ3v) is 7.48. The Morgan fingerprint density at radius 1 is 1.00 bits per heavy atom. The van der Waals surface area contributed by atoms with Crippen LogP contribution in [0.3, 0.4) is 0 Å². The maximum absolute atomic E-state index is 8.41. The smallest absolute Gasteiger partial charge is 0.109 e. The monoisotopic (exact) mass is 303 g/mol. The van der Waals surface area contributed by atoms with Gasteiger partial charge in [0.05, 0.1) is 5.37 Å². The Bertz CT molecular complexity index is 711. The van der Waals surface area contributed by atoms with Gasteiger partial charge < -0.3 is 0 Å². The molecule has 0 saturated carbocycles. The highest BCUT2D eigenvalue weighted by atomic mass is 33.1. The molecule has 104 valence electrons. The molecule has 1 aliphatic rings. The van der Waals surface area contributed by atoms with Gasteiger partial charge in [-0.3, -0.25) is 14.9 Å². The first kappa shape index (κ1) is 13.7. The molecule has 20 heavy (non-hydrogen) atoms. The van der Waals surface area contributed by atoms with Crippen molar-refractivity contribution in [1.82, 2.24) is 5.32 Å². The summed E-state index contributed by atoms with van der Waals surface area (Å²) in [6.45, 7) is 2.05. The molecule has 1 heterocycles. The molecule has 1 saturated heterocycles. The number of hydrogen-bond acceptors (Lipinski definition) is 4. The molecule has 0 aliphatic carbocycles. The number of aryl methyl sites for hydroxylation is 1.